The molecule has 0 aliphatic carbocycles. The van der Waals surface area contributed by atoms with Crippen molar-refractivity contribution < 1.29 is 35.1 Å². The Morgan fingerprint density at radius 3 is 2.29 bits per heavy atom. The van der Waals surface area contributed by atoms with Gasteiger partial charge < -0.3 is 30.3 Å². The van der Waals surface area contributed by atoms with Gasteiger partial charge in [0.2, 0.25) is 5.75 Å². The van der Waals surface area contributed by atoms with Crippen molar-refractivity contribution in [2.24, 2.45) is 0 Å². The minimum absolute atomic E-state index is 0.307. The number of carbonyl (C=O) groups is 1. The molecule has 5 N–H and O–H groups in total. The molecule has 0 aliphatic rings. The lowest BCUT2D eigenvalue weighted by Gasteiger charge is -2.17. The number of methoxy groups -OCH3 is 1. The molecule has 1 rings (SSSR count). The number of hydrogen-bond donors (Lipinski definition) is 5. The number of aliphatic hydroxyl groups excluding tert-OH is 2. The second-order valence-electron chi connectivity index (χ2n) is 3.28. The Bertz CT molecular complexity index is 429. The average Bonchev–Trinajstić information content (AvgIpc) is 2.33. The molecule has 7 heteroatoms. The molecule has 0 heterocycles. The molecular weight excluding hydrogens is 232 g/mol. The maximum atomic E-state index is 11.0. The van der Waals surface area contributed by atoms with Crippen LogP contribution >= 0.6 is 0 Å². The van der Waals surface area contributed by atoms with E-state index in [1.165, 1.54) is 0 Å². The maximum Gasteiger partial charge on any atom is 0.337 e. The van der Waals surface area contributed by atoms with Crippen LogP contribution in [0.5, 0.6) is 17.2 Å². The molecule has 0 bridgehead atoms. The SMILES string of the molecule is COC(=O)C(O)C(O)c1ccc(O)c(O)c1O. The number of phenolic OH excluding ortho intramolecular Hbond substituents is 3. The minimum atomic E-state index is -1.91. The normalized spacial score (nSPS) is 14.1. The van der Waals surface area contributed by atoms with Gasteiger partial charge in [-0.05, 0) is 12.1 Å². The Morgan fingerprint density at radius 2 is 1.76 bits per heavy atom. The standard InChI is InChI=1S/C10H12O7/c1-17-10(16)9(15)7(13)4-2-3-5(11)8(14)6(4)12/h2-3,7,9,11-15H,1H3. The summed E-state index contributed by atoms with van der Waals surface area (Å²) in [7, 11) is 1.02. The Kier molecular flexibility index (Phi) is 3.77. The maximum absolute atomic E-state index is 11.0. The molecule has 17 heavy (non-hydrogen) atoms. The first-order chi connectivity index (χ1) is 7.90. The quantitative estimate of drug-likeness (QED) is 0.354. The smallest absolute Gasteiger partial charge is 0.337 e. The first kappa shape index (κ1) is 13.1. The van der Waals surface area contributed by atoms with Crippen molar-refractivity contribution in [2.75, 3.05) is 7.11 Å². The molecule has 0 radical (unpaired) electrons. The van der Waals surface area contributed by atoms with Crippen molar-refractivity contribution in [2.45, 2.75) is 12.2 Å². The van der Waals surface area contributed by atoms with Crippen molar-refractivity contribution in [1.82, 2.24) is 0 Å². The second-order valence-corrected chi connectivity index (χ2v) is 3.28. The molecule has 2 unspecified atom stereocenters. The van der Waals surface area contributed by atoms with Crippen LogP contribution in [0.1, 0.15) is 11.7 Å². The summed E-state index contributed by atoms with van der Waals surface area (Å²) < 4.78 is 4.21. The van der Waals surface area contributed by atoms with E-state index in [0.29, 0.717) is 0 Å². The van der Waals surface area contributed by atoms with Crippen LogP contribution in [0.4, 0.5) is 0 Å². The zero-order valence-electron chi connectivity index (χ0n) is 8.86. The van der Waals surface area contributed by atoms with E-state index in [2.05, 4.69) is 4.74 Å². The summed E-state index contributed by atoms with van der Waals surface area (Å²) in [6, 6.07) is 2.05. The summed E-state index contributed by atoms with van der Waals surface area (Å²) >= 11 is 0. The lowest BCUT2D eigenvalue weighted by Crippen LogP contribution is -2.29. The summed E-state index contributed by atoms with van der Waals surface area (Å²) in [4.78, 5) is 11.0. The van der Waals surface area contributed by atoms with E-state index >= 15 is 0 Å². The van der Waals surface area contributed by atoms with E-state index < -0.39 is 35.4 Å². The molecule has 0 amide bonds. The Hall–Kier alpha value is -1.99. The molecule has 0 fully saturated rings. The van der Waals surface area contributed by atoms with Crippen molar-refractivity contribution in [3.8, 4) is 17.2 Å². The molecule has 2 atom stereocenters. The molecule has 1 aromatic rings. The summed E-state index contributed by atoms with van der Waals surface area (Å²) in [6.07, 6.45) is -3.69. The van der Waals surface area contributed by atoms with Crippen LogP contribution in [0.3, 0.4) is 0 Å². The number of rotatable bonds is 3. The van der Waals surface area contributed by atoms with Gasteiger partial charge in [-0.25, -0.2) is 4.79 Å². The fourth-order valence-electron chi connectivity index (χ4n) is 1.24. The number of hydrogen-bond acceptors (Lipinski definition) is 7. The topological polar surface area (TPSA) is 127 Å². The molecule has 94 valence electrons. The van der Waals surface area contributed by atoms with Gasteiger partial charge in [-0.1, -0.05) is 0 Å². The molecule has 0 aliphatic heterocycles. The van der Waals surface area contributed by atoms with E-state index in [0.717, 1.165) is 19.2 Å². The molecule has 0 saturated heterocycles. The predicted octanol–water partition coefficient (Wildman–Crippen LogP) is -0.629. The van der Waals surface area contributed by atoms with Crippen LogP contribution in [0.15, 0.2) is 12.1 Å². The van der Waals surface area contributed by atoms with Gasteiger partial charge in [0.25, 0.3) is 0 Å². The summed E-state index contributed by atoms with van der Waals surface area (Å²) in [5, 5.41) is 46.6. The number of phenols is 3. The van der Waals surface area contributed by atoms with Gasteiger partial charge in [0, 0.05) is 5.56 Å². The van der Waals surface area contributed by atoms with Crippen LogP contribution in [0.25, 0.3) is 0 Å². The third-order valence-electron chi connectivity index (χ3n) is 2.22. The molecule has 1 aromatic carbocycles. The van der Waals surface area contributed by atoms with E-state index in [1.807, 2.05) is 0 Å². The summed E-state index contributed by atoms with van der Waals surface area (Å²) in [5.41, 5.74) is -0.307. The second kappa shape index (κ2) is 4.89. The Labute approximate surface area is 96.1 Å². The van der Waals surface area contributed by atoms with E-state index in [1.54, 1.807) is 0 Å². The molecule has 7 nitrogen and oxygen atoms in total. The Balaban J connectivity index is 3.09. The first-order valence-electron chi connectivity index (χ1n) is 4.58. The van der Waals surface area contributed by atoms with E-state index in [4.69, 9.17) is 5.11 Å². The van der Waals surface area contributed by atoms with Gasteiger partial charge in [0.05, 0.1) is 7.11 Å². The molecule has 0 spiro atoms. The molecule has 0 aromatic heterocycles. The average molecular weight is 244 g/mol. The van der Waals surface area contributed by atoms with Gasteiger partial charge >= 0.3 is 5.97 Å². The summed E-state index contributed by atoms with van der Waals surface area (Å²) in [5.74, 6) is -3.35. The zero-order valence-corrected chi connectivity index (χ0v) is 8.86. The highest BCUT2D eigenvalue weighted by molar-refractivity contribution is 5.75. The van der Waals surface area contributed by atoms with Crippen LogP contribution < -0.4 is 0 Å². The van der Waals surface area contributed by atoms with E-state index in [-0.39, 0.29) is 5.56 Å². The molecular formula is C10H12O7. The van der Waals surface area contributed by atoms with Gasteiger partial charge in [-0.3, -0.25) is 0 Å². The van der Waals surface area contributed by atoms with Gasteiger partial charge in [-0.2, -0.15) is 0 Å². The van der Waals surface area contributed by atoms with Gasteiger partial charge in [0.1, 0.15) is 6.10 Å². The number of aromatic hydroxyl groups is 3. The van der Waals surface area contributed by atoms with E-state index in [9.17, 15) is 25.2 Å². The fraction of sp³-hybridized carbons (Fsp3) is 0.300. The highest BCUT2D eigenvalue weighted by atomic mass is 16.5. The first-order valence-corrected chi connectivity index (χ1v) is 4.58. The third-order valence-corrected chi connectivity index (χ3v) is 2.22. The lowest BCUT2D eigenvalue weighted by atomic mass is 10.0. The monoisotopic (exact) mass is 244 g/mol. The highest BCUT2D eigenvalue weighted by Crippen LogP contribution is 2.40. The molecule has 0 saturated carbocycles. The number of aliphatic hydroxyl groups is 2. The number of esters is 1. The van der Waals surface area contributed by atoms with Crippen molar-refractivity contribution in [3.05, 3.63) is 17.7 Å². The van der Waals surface area contributed by atoms with Crippen LogP contribution in [0.2, 0.25) is 0 Å². The van der Waals surface area contributed by atoms with Crippen LogP contribution in [-0.2, 0) is 9.53 Å². The minimum Gasteiger partial charge on any atom is -0.504 e. The highest BCUT2D eigenvalue weighted by Gasteiger charge is 2.29. The van der Waals surface area contributed by atoms with Crippen LogP contribution in [0, 0.1) is 0 Å². The largest absolute Gasteiger partial charge is 0.504 e. The fourth-order valence-corrected chi connectivity index (χ4v) is 1.24. The van der Waals surface area contributed by atoms with Crippen molar-refractivity contribution in [3.63, 3.8) is 0 Å². The van der Waals surface area contributed by atoms with Gasteiger partial charge in [0.15, 0.2) is 17.6 Å². The number of ether oxygens (including phenoxy) is 1. The summed E-state index contributed by atoms with van der Waals surface area (Å²) in [6.45, 7) is 0. The predicted molar refractivity (Wildman–Crippen MR) is 54.4 cm³/mol. The Morgan fingerprint density at radius 1 is 1.18 bits per heavy atom. The van der Waals surface area contributed by atoms with Crippen LogP contribution in [-0.4, -0.2) is 44.7 Å². The van der Waals surface area contributed by atoms with Crippen molar-refractivity contribution in [1.29, 1.82) is 0 Å². The van der Waals surface area contributed by atoms with Crippen molar-refractivity contribution >= 4 is 5.97 Å². The zero-order chi connectivity index (χ0) is 13.2. The number of benzene rings is 1. The van der Waals surface area contributed by atoms with Gasteiger partial charge in [-0.15, -0.1) is 0 Å². The lowest BCUT2D eigenvalue weighted by molar-refractivity contribution is -0.156. The third kappa shape index (κ3) is 2.40. The number of carbonyl (C=O) groups excluding carboxylic acids is 1.